The Labute approximate surface area is 106 Å². The van der Waals surface area contributed by atoms with Crippen LogP contribution in [0, 0.1) is 6.92 Å². The third-order valence-corrected chi connectivity index (χ3v) is 2.77. The van der Waals surface area contributed by atoms with E-state index in [2.05, 4.69) is 4.74 Å². The van der Waals surface area contributed by atoms with Gasteiger partial charge >= 0.3 is 5.97 Å². The molecule has 1 aromatic rings. The minimum atomic E-state index is -1.10. The molecule has 0 aromatic heterocycles. The Balaban J connectivity index is 3.26. The molecule has 98 valence electrons. The highest BCUT2D eigenvalue weighted by molar-refractivity contribution is 5.81. The van der Waals surface area contributed by atoms with E-state index in [9.17, 15) is 14.7 Å². The van der Waals surface area contributed by atoms with Crippen molar-refractivity contribution in [3.63, 3.8) is 0 Å². The summed E-state index contributed by atoms with van der Waals surface area (Å²) < 4.78 is 4.56. The standard InChI is InChI=1S/C13H17NO4/c1-8-4-9(7-15)12(17)10(5-8)13(2,14)6-11(16)18-3/h4-5,7,17H,6,14H2,1-3H3/t13-/m0/s1. The summed E-state index contributed by atoms with van der Waals surface area (Å²) in [5, 5.41) is 9.97. The minimum Gasteiger partial charge on any atom is -0.507 e. The summed E-state index contributed by atoms with van der Waals surface area (Å²) in [7, 11) is 1.27. The highest BCUT2D eigenvalue weighted by Gasteiger charge is 2.29. The second-order valence-corrected chi connectivity index (χ2v) is 4.54. The Kier molecular flexibility index (Phi) is 4.08. The van der Waals surface area contributed by atoms with Gasteiger partial charge in [-0.3, -0.25) is 9.59 Å². The Morgan fingerprint density at radius 2 is 2.17 bits per heavy atom. The van der Waals surface area contributed by atoms with Crippen LogP contribution >= 0.6 is 0 Å². The molecular formula is C13H17NO4. The van der Waals surface area contributed by atoms with Gasteiger partial charge in [-0.05, 0) is 25.5 Å². The topological polar surface area (TPSA) is 89.6 Å². The van der Waals surface area contributed by atoms with E-state index in [-0.39, 0.29) is 17.7 Å². The predicted molar refractivity (Wildman–Crippen MR) is 66.4 cm³/mol. The molecule has 1 atom stereocenters. The molecule has 0 aliphatic heterocycles. The quantitative estimate of drug-likeness (QED) is 0.621. The maximum absolute atomic E-state index is 11.3. The maximum atomic E-state index is 11.3. The monoisotopic (exact) mass is 251 g/mol. The van der Waals surface area contributed by atoms with Gasteiger partial charge in [0, 0.05) is 5.56 Å². The zero-order valence-electron chi connectivity index (χ0n) is 10.7. The number of aryl methyl sites for hydroxylation is 1. The Morgan fingerprint density at radius 1 is 1.56 bits per heavy atom. The van der Waals surface area contributed by atoms with Crippen LogP contribution in [0.15, 0.2) is 12.1 Å². The lowest BCUT2D eigenvalue weighted by Gasteiger charge is -2.25. The predicted octanol–water partition coefficient (Wildman–Crippen LogP) is 1.25. The SMILES string of the molecule is COC(=O)C[C@](C)(N)c1cc(C)cc(C=O)c1O. The molecule has 0 saturated carbocycles. The fourth-order valence-corrected chi connectivity index (χ4v) is 1.80. The number of phenols is 1. The van der Waals surface area contributed by atoms with E-state index in [4.69, 9.17) is 5.73 Å². The number of methoxy groups -OCH3 is 1. The van der Waals surface area contributed by atoms with E-state index in [1.54, 1.807) is 26.0 Å². The van der Waals surface area contributed by atoms with Crippen molar-refractivity contribution in [3.05, 3.63) is 28.8 Å². The smallest absolute Gasteiger partial charge is 0.307 e. The summed E-state index contributed by atoms with van der Waals surface area (Å²) in [5.41, 5.74) is 6.23. The van der Waals surface area contributed by atoms with E-state index < -0.39 is 11.5 Å². The van der Waals surface area contributed by atoms with E-state index in [1.807, 2.05) is 0 Å². The molecule has 0 fully saturated rings. The number of aromatic hydroxyl groups is 1. The number of hydrogen-bond acceptors (Lipinski definition) is 5. The summed E-state index contributed by atoms with van der Waals surface area (Å²) in [6.07, 6.45) is 0.471. The van der Waals surface area contributed by atoms with Crippen molar-refractivity contribution in [1.29, 1.82) is 0 Å². The van der Waals surface area contributed by atoms with Crippen LogP contribution in [0.4, 0.5) is 0 Å². The first-order valence-electron chi connectivity index (χ1n) is 5.46. The number of carbonyl (C=O) groups is 2. The van der Waals surface area contributed by atoms with Gasteiger partial charge in [-0.1, -0.05) is 6.07 Å². The van der Waals surface area contributed by atoms with Gasteiger partial charge in [0.2, 0.25) is 0 Å². The second-order valence-electron chi connectivity index (χ2n) is 4.54. The second kappa shape index (κ2) is 5.18. The number of benzene rings is 1. The number of hydrogen-bond donors (Lipinski definition) is 2. The lowest BCUT2D eigenvalue weighted by molar-refractivity contribution is -0.141. The summed E-state index contributed by atoms with van der Waals surface area (Å²) >= 11 is 0. The summed E-state index contributed by atoms with van der Waals surface area (Å²) in [5.74, 6) is -0.668. The fourth-order valence-electron chi connectivity index (χ4n) is 1.80. The molecule has 0 spiro atoms. The average Bonchev–Trinajstić information content (AvgIpc) is 2.30. The number of carbonyl (C=O) groups excluding carboxylic acids is 2. The molecule has 0 amide bonds. The normalized spacial score (nSPS) is 13.8. The van der Waals surface area contributed by atoms with Crippen LogP contribution in [0.5, 0.6) is 5.75 Å². The molecule has 3 N–H and O–H groups in total. The number of aldehydes is 1. The minimum absolute atomic E-state index is 0.0845. The fraction of sp³-hybridized carbons (Fsp3) is 0.385. The number of ether oxygens (including phenoxy) is 1. The van der Waals surface area contributed by atoms with Crippen molar-refractivity contribution in [3.8, 4) is 5.75 Å². The molecule has 0 radical (unpaired) electrons. The molecule has 0 bridgehead atoms. The lowest BCUT2D eigenvalue weighted by Crippen LogP contribution is -2.36. The first-order valence-corrected chi connectivity index (χ1v) is 5.46. The first-order chi connectivity index (χ1) is 8.31. The largest absolute Gasteiger partial charge is 0.507 e. The molecular weight excluding hydrogens is 234 g/mol. The van der Waals surface area contributed by atoms with Gasteiger partial charge in [0.1, 0.15) is 5.75 Å². The molecule has 5 nitrogen and oxygen atoms in total. The van der Waals surface area contributed by atoms with Crippen LogP contribution in [0.3, 0.4) is 0 Å². The number of nitrogens with two attached hydrogens (primary N) is 1. The van der Waals surface area contributed by atoms with Gasteiger partial charge in [0.25, 0.3) is 0 Å². The van der Waals surface area contributed by atoms with Gasteiger partial charge in [-0.15, -0.1) is 0 Å². The van der Waals surface area contributed by atoms with Crippen LogP contribution in [0.25, 0.3) is 0 Å². The summed E-state index contributed by atoms with van der Waals surface area (Å²) in [4.78, 5) is 22.1. The molecule has 5 heteroatoms. The van der Waals surface area contributed by atoms with Crippen LogP contribution in [0.1, 0.15) is 34.8 Å². The van der Waals surface area contributed by atoms with Crippen molar-refractivity contribution in [2.75, 3.05) is 7.11 Å². The molecule has 0 unspecified atom stereocenters. The number of esters is 1. The van der Waals surface area contributed by atoms with Gasteiger partial charge in [-0.2, -0.15) is 0 Å². The molecule has 0 aliphatic rings. The van der Waals surface area contributed by atoms with Crippen LogP contribution in [-0.4, -0.2) is 24.5 Å². The van der Waals surface area contributed by atoms with Crippen molar-refractivity contribution in [1.82, 2.24) is 0 Å². The third kappa shape index (κ3) is 2.87. The van der Waals surface area contributed by atoms with Crippen molar-refractivity contribution in [2.24, 2.45) is 5.73 Å². The van der Waals surface area contributed by atoms with Crippen molar-refractivity contribution < 1.29 is 19.4 Å². The van der Waals surface area contributed by atoms with E-state index >= 15 is 0 Å². The van der Waals surface area contributed by atoms with Crippen molar-refractivity contribution in [2.45, 2.75) is 25.8 Å². The lowest BCUT2D eigenvalue weighted by atomic mass is 9.86. The molecule has 1 aromatic carbocycles. The Morgan fingerprint density at radius 3 is 2.67 bits per heavy atom. The summed E-state index contributed by atoms with van der Waals surface area (Å²) in [6, 6.07) is 3.21. The van der Waals surface area contributed by atoms with Crippen LogP contribution < -0.4 is 5.73 Å². The van der Waals surface area contributed by atoms with E-state index in [0.29, 0.717) is 11.8 Å². The van der Waals surface area contributed by atoms with E-state index in [1.165, 1.54) is 7.11 Å². The zero-order chi connectivity index (χ0) is 13.9. The van der Waals surface area contributed by atoms with Crippen molar-refractivity contribution >= 4 is 12.3 Å². The Bertz CT molecular complexity index is 480. The first kappa shape index (κ1) is 14.2. The molecule has 0 heterocycles. The summed E-state index contributed by atoms with van der Waals surface area (Å²) in [6.45, 7) is 3.39. The highest BCUT2D eigenvalue weighted by Crippen LogP contribution is 2.33. The molecule has 18 heavy (non-hydrogen) atoms. The van der Waals surface area contributed by atoms with Crippen LogP contribution in [-0.2, 0) is 15.1 Å². The van der Waals surface area contributed by atoms with Gasteiger partial charge < -0.3 is 15.6 Å². The van der Waals surface area contributed by atoms with Gasteiger partial charge in [0.15, 0.2) is 6.29 Å². The highest BCUT2D eigenvalue weighted by atomic mass is 16.5. The van der Waals surface area contributed by atoms with E-state index in [0.717, 1.165) is 5.56 Å². The molecule has 0 aliphatic carbocycles. The van der Waals surface area contributed by atoms with Gasteiger partial charge in [-0.25, -0.2) is 0 Å². The number of phenolic OH excluding ortho intramolecular Hbond substituents is 1. The average molecular weight is 251 g/mol. The Hall–Kier alpha value is -1.88. The third-order valence-electron chi connectivity index (χ3n) is 2.77. The van der Waals surface area contributed by atoms with Crippen LogP contribution in [0.2, 0.25) is 0 Å². The molecule has 0 saturated heterocycles. The molecule has 1 rings (SSSR count). The van der Waals surface area contributed by atoms with Gasteiger partial charge in [0.05, 0.1) is 24.6 Å². The maximum Gasteiger partial charge on any atom is 0.307 e. The number of rotatable bonds is 4. The zero-order valence-corrected chi connectivity index (χ0v) is 10.7.